The van der Waals surface area contributed by atoms with Crippen LogP contribution in [0.2, 0.25) is 0 Å². The molecule has 4 nitrogen and oxygen atoms in total. The molecule has 0 saturated carbocycles. The standard InChI is InChI=1S/C20H27NO3/c1-3-13-24-20-8-6-5-7-17(20)16-21-18-9-11-19(12-10-18)23-15-14-22-4-2/h5-12,21H,3-4,13-16H2,1-2H3. The van der Waals surface area contributed by atoms with Crippen molar-refractivity contribution in [3.63, 3.8) is 0 Å². The molecule has 0 aromatic heterocycles. The normalized spacial score (nSPS) is 10.4. The average molecular weight is 329 g/mol. The molecular weight excluding hydrogens is 302 g/mol. The maximum atomic E-state index is 5.79. The van der Waals surface area contributed by atoms with Gasteiger partial charge in [-0.2, -0.15) is 0 Å². The van der Waals surface area contributed by atoms with Crippen LogP contribution in [-0.4, -0.2) is 26.4 Å². The van der Waals surface area contributed by atoms with Crippen LogP contribution in [0.25, 0.3) is 0 Å². The van der Waals surface area contributed by atoms with E-state index in [0.29, 0.717) is 13.2 Å². The van der Waals surface area contributed by atoms with E-state index in [0.717, 1.165) is 48.9 Å². The van der Waals surface area contributed by atoms with Crippen LogP contribution in [0.1, 0.15) is 25.8 Å². The molecule has 0 bridgehead atoms. The number of rotatable bonds is 11. The van der Waals surface area contributed by atoms with Crippen LogP contribution >= 0.6 is 0 Å². The largest absolute Gasteiger partial charge is 0.493 e. The van der Waals surface area contributed by atoms with E-state index < -0.39 is 0 Å². The van der Waals surface area contributed by atoms with Gasteiger partial charge in [-0.25, -0.2) is 0 Å². The summed E-state index contributed by atoms with van der Waals surface area (Å²) < 4.78 is 16.7. The molecule has 0 spiro atoms. The first-order valence-electron chi connectivity index (χ1n) is 8.58. The highest BCUT2D eigenvalue weighted by Gasteiger charge is 2.03. The van der Waals surface area contributed by atoms with Crippen molar-refractivity contribution in [2.24, 2.45) is 0 Å². The monoisotopic (exact) mass is 329 g/mol. The Balaban J connectivity index is 1.84. The van der Waals surface area contributed by atoms with E-state index in [-0.39, 0.29) is 0 Å². The lowest BCUT2D eigenvalue weighted by atomic mass is 10.2. The number of benzene rings is 2. The highest BCUT2D eigenvalue weighted by atomic mass is 16.5. The summed E-state index contributed by atoms with van der Waals surface area (Å²) in [5.41, 5.74) is 2.21. The van der Waals surface area contributed by atoms with Gasteiger partial charge >= 0.3 is 0 Å². The van der Waals surface area contributed by atoms with E-state index in [9.17, 15) is 0 Å². The molecule has 0 amide bonds. The van der Waals surface area contributed by atoms with Gasteiger partial charge in [0.1, 0.15) is 18.1 Å². The van der Waals surface area contributed by atoms with Gasteiger partial charge in [-0.1, -0.05) is 25.1 Å². The number of anilines is 1. The Morgan fingerprint density at radius 1 is 0.833 bits per heavy atom. The number of para-hydroxylation sites is 1. The minimum atomic E-state index is 0.572. The maximum absolute atomic E-state index is 5.79. The van der Waals surface area contributed by atoms with Crippen molar-refractivity contribution in [1.82, 2.24) is 0 Å². The van der Waals surface area contributed by atoms with Gasteiger partial charge in [0.05, 0.1) is 13.2 Å². The summed E-state index contributed by atoms with van der Waals surface area (Å²) in [6, 6.07) is 16.1. The number of nitrogens with one attached hydrogen (secondary N) is 1. The molecule has 4 heteroatoms. The molecule has 0 heterocycles. The summed E-state index contributed by atoms with van der Waals surface area (Å²) in [7, 11) is 0. The van der Waals surface area contributed by atoms with Gasteiger partial charge in [0.15, 0.2) is 0 Å². The third kappa shape index (κ3) is 6.13. The second kappa shape index (κ2) is 10.6. The fraction of sp³-hybridized carbons (Fsp3) is 0.400. The molecule has 2 aromatic carbocycles. The minimum absolute atomic E-state index is 0.572. The molecule has 0 aliphatic rings. The highest BCUT2D eigenvalue weighted by molar-refractivity contribution is 5.47. The summed E-state index contributed by atoms with van der Waals surface area (Å²) in [6.07, 6.45) is 1.01. The third-order valence-corrected chi connectivity index (χ3v) is 3.47. The van der Waals surface area contributed by atoms with E-state index >= 15 is 0 Å². The van der Waals surface area contributed by atoms with Crippen LogP contribution in [0.15, 0.2) is 48.5 Å². The predicted molar refractivity (Wildman–Crippen MR) is 98.0 cm³/mol. The predicted octanol–water partition coefficient (Wildman–Crippen LogP) is 4.50. The smallest absolute Gasteiger partial charge is 0.124 e. The van der Waals surface area contributed by atoms with Crippen molar-refractivity contribution >= 4 is 5.69 Å². The molecule has 130 valence electrons. The van der Waals surface area contributed by atoms with Gasteiger partial charge < -0.3 is 19.5 Å². The zero-order valence-corrected chi connectivity index (χ0v) is 14.6. The fourth-order valence-electron chi connectivity index (χ4n) is 2.23. The van der Waals surface area contributed by atoms with Crippen molar-refractivity contribution in [3.05, 3.63) is 54.1 Å². The second-order valence-corrected chi connectivity index (χ2v) is 5.38. The first-order chi connectivity index (χ1) is 11.8. The summed E-state index contributed by atoms with van der Waals surface area (Å²) in [5, 5.41) is 3.42. The van der Waals surface area contributed by atoms with Gasteiger partial charge in [0, 0.05) is 24.4 Å². The van der Waals surface area contributed by atoms with Crippen molar-refractivity contribution in [3.8, 4) is 11.5 Å². The summed E-state index contributed by atoms with van der Waals surface area (Å²) in [6.45, 7) is 7.46. The molecule has 0 radical (unpaired) electrons. The SMILES string of the molecule is CCCOc1ccccc1CNc1ccc(OCCOCC)cc1. The zero-order valence-electron chi connectivity index (χ0n) is 14.6. The van der Waals surface area contributed by atoms with Crippen LogP contribution in [0.3, 0.4) is 0 Å². The molecule has 0 saturated heterocycles. The van der Waals surface area contributed by atoms with Crippen LogP contribution in [-0.2, 0) is 11.3 Å². The number of ether oxygens (including phenoxy) is 3. The summed E-state index contributed by atoms with van der Waals surface area (Å²) in [4.78, 5) is 0. The molecular formula is C20H27NO3. The minimum Gasteiger partial charge on any atom is -0.493 e. The van der Waals surface area contributed by atoms with E-state index in [1.807, 2.05) is 49.4 Å². The Hall–Kier alpha value is -2.20. The lowest BCUT2D eigenvalue weighted by Crippen LogP contribution is -2.06. The average Bonchev–Trinajstić information content (AvgIpc) is 2.63. The van der Waals surface area contributed by atoms with Gasteiger partial charge in [0.2, 0.25) is 0 Å². The van der Waals surface area contributed by atoms with Gasteiger partial charge in [0.25, 0.3) is 0 Å². The summed E-state index contributed by atoms with van der Waals surface area (Å²) >= 11 is 0. The maximum Gasteiger partial charge on any atom is 0.124 e. The molecule has 0 fully saturated rings. The Labute approximate surface area is 144 Å². The van der Waals surface area contributed by atoms with Crippen molar-refractivity contribution < 1.29 is 14.2 Å². The van der Waals surface area contributed by atoms with Crippen LogP contribution < -0.4 is 14.8 Å². The third-order valence-electron chi connectivity index (χ3n) is 3.47. The van der Waals surface area contributed by atoms with E-state index in [2.05, 4.69) is 18.3 Å². The molecule has 2 rings (SSSR count). The lowest BCUT2D eigenvalue weighted by molar-refractivity contribution is 0.110. The Morgan fingerprint density at radius 3 is 2.38 bits per heavy atom. The van der Waals surface area contributed by atoms with Gasteiger partial charge in [-0.3, -0.25) is 0 Å². The molecule has 24 heavy (non-hydrogen) atoms. The van der Waals surface area contributed by atoms with Crippen molar-refractivity contribution in [2.75, 3.05) is 31.7 Å². The molecule has 0 aliphatic carbocycles. The summed E-state index contributed by atoms with van der Waals surface area (Å²) in [5.74, 6) is 1.80. The van der Waals surface area contributed by atoms with Crippen molar-refractivity contribution in [2.45, 2.75) is 26.8 Å². The topological polar surface area (TPSA) is 39.7 Å². The van der Waals surface area contributed by atoms with Crippen molar-refractivity contribution in [1.29, 1.82) is 0 Å². The van der Waals surface area contributed by atoms with Gasteiger partial charge in [-0.05, 0) is 43.7 Å². The van der Waals surface area contributed by atoms with E-state index in [4.69, 9.17) is 14.2 Å². The lowest BCUT2D eigenvalue weighted by Gasteiger charge is -2.13. The van der Waals surface area contributed by atoms with Gasteiger partial charge in [-0.15, -0.1) is 0 Å². The molecule has 1 N–H and O–H groups in total. The second-order valence-electron chi connectivity index (χ2n) is 5.38. The molecule has 0 unspecified atom stereocenters. The first kappa shape index (κ1) is 18.1. The van der Waals surface area contributed by atoms with Crippen LogP contribution in [0.5, 0.6) is 11.5 Å². The van der Waals surface area contributed by atoms with Crippen LogP contribution in [0, 0.1) is 0 Å². The Bertz CT molecular complexity index is 584. The quantitative estimate of drug-likeness (QED) is 0.616. The van der Waals surface area contributed by atoms with E-state index in [1.54, 1.807) is 0 Å². The first-order valence-corrected chi connectivity index (χ1v) is 8.58. The fourth-order valence-corrected chi connectivity index (χ4v) is 2.23. The number of hydrogen-bond acceptors (Lipinski definition) is 4. The Morgan fingerprint density at radius 2 is 1.62 bits per heavy atom. The Kier molecular flexibility index (Phi) is 7.98. The molecule has 0 aliphatic heterocycles. The van der Waals surface area contributed by atoms with E-state index in [1.165, 1.54) is 0 Å². The molecule has 2 aromatic rings. The zero-order chi connectivity index (χ0) is 17.0. The number of hydrogen-bond donors (Lipinski definition) is 1. The molecule has 0 atom stereocenters. The van der Waals surface area contributed by atoms with Crippen LogP contribution in [0.4, 0.5) is 5.69 Å². The highest BCUT2D eigenvalue weighted by Crippen LogP contribution is 2.21.